The highest BCUT2D eigenvalue weighted by Gasteiger charge is 2.60. The van der Waals surface area contributed by atoms with Gasteiger partial charge in [-0.1, -0.05) is 6.92 Å². The summed E-state index contributed by atoms with van der Waals surface area (Å²) in [6.07, 6.45) is -3.17. The van der Waals surface area contributed by atoms with Gasteiger partial charge in [0.2, 0.25) is 0 Å². The largest absolute Gasteiger partial charge is 0.493 e. The Bertz CT molecular complexity index is 629. The number of fused-ring (bicyclic) bond motifs is 1. The topological polar surface area (TPSA) is 61.8 Å². The maximum absolute atomic E-state index is 13.7. The van der Waals surface area contributed by atoms with Crippen LogP contribution in [0.15, 0.2) is 12.1 Å². The Hall–Kier alpha value is -2.18. The summed E-state index contributed by atoms with van der Waals surface area (Å²) < 4.78 is 42.6. The molecule has 1 aliphatic rings. The number of hydrogen-bond donors (Lipinski definition) is 0. The number of halogens is 2. The van der Waals surface area contributed by atoms with Gasteiger partial charge >= 0.3 is 5.97 Å². The highest BCUT2D eigenvalue weighted by molar-refractivity contribution is 6.17. The van der Waals surface area contributed by atoms with Crippen LogP contribution in [-0.2, 0) is 16.0 Å². The standard InChI is InChI=1S/C16H18F2O5/c1-4-7-23-15(20)16(14(17)18)8-10-9(13(16)19)5-6-11(21-2)12(10)22-3/h5-6,14H,4,7-8H2,1-3H3. The SMILES string of the molecule is CCCOC(=O)C1(C(F)F)Cc2c(ccc(OC)c2OC)C1=O. The first-order chi connectivity index (χ1) is 10.9. The fourth-order valence-corrected chi connectivity index (χ4v) is 2.73. The molecule has 7 heteroatoms. The number of benzene rings is 1. The molecule has 0 N–H and O–H groups in total. The van der Waals surface area contributed by atoms with Gasteiger partial charge in [-0.05, 0) is 18.6 Å². The number of carbonyl (C=O) groups excluding carboxylic acids is 2. The van der Waals surface area contributed by atoms with E-state index in [4.69, 9.17) is 14.2 Å². The highest BCUT2D eigenvalue weighted by atomic mass is 19.3. The van der Waals surface area contributed by atoms with Gasteiger partial charge in [-0.2, -0.15) is 0 Å². The van der Waals surface area contributed by atoms with Gasteiger partial charge in [0.15, 0.2) is 22.7 Å². The number of hydrogen-bond acceptors (Lipinski definition) is 5. The van der Waals surface area contributed by atoms with Crippen LogP contribution in [0.4, 0.5) is 8.78 Å². The maximum Gasteiger partial charge on any atom is 0.326 e. The van der Waals surface area contributed by atoms with E-state index in [1.165, 1.54) is 26.4 Å². The van der Waals surface area contributed by atoms with E-state index in [0.717, 1.165) is 0 Å². The van der Waals surface area contributed by atoms with E-state index in [1.54, 1.807) is 6.92 Å². The lowest BCUT2D eigenvalue weighted by Gasteiger charge is -2.24. The Morgan fingerprint density at radius 2 is 2.00 bits per heavy atom. The normalized spacial score (nSPS) is 19.7. The zero-order valence-electron chi connectivity index (χ0n) is 13.2. The molecule has 126 valence electrons. The Morgan fingerprint density at radius 3 is 2.52 bits per heavy atom. The second-order valence-corrected chi connectivity index (χ2v) is 5.24. The van der Waals surface area contributed by atoms with Crippen molar-refractivity contribution in [1.29, 1.82) is 0 Å². The average Bonchev–Trinajstić information content (AvgIpc) is 2.85. The maximum atomic E-state index is 13.7. The molecule has 0 aliphatic heterocycles. The van der Waals surface area contributed by atoms with Crippen LogP contribution < -0.4 is 9.47 Å². The van der Waals surface area contributed by atoms with Crippen LogP contribution in [0, 0.1) is 5.41 Å². The van der Waals surface area contributed by atoms with Crippen LogP contribution in [0.3, 0.4) is 0 Å². The third-order valence-electron chi connectivity index (χ3n) is 3.93. The van der Waals surface area contributed by atoms with Gasteiger partial charge < -0.3 is 14.2 Å². The summed E-state index contributed by atoms with van der Waals surface area (Å²) in [5.74, 6) is -1.64. The van der Waals surface area contributed by atoms with Crippen molar-refractivity contribution in [3.63, 3.8) is 0 Å². The van der Waals surface area contributed by atoms with Crippen LogP contribution in [0.1, 0.15) is 29.3 Å². The molecule has 23 heavy (non-hydrogen) atoms. The van der Waals surface area contributed by atoms with Gasteiger partial charge in [0.05, 0.1) is 20.8 Å². The highest BCUT2D eigenvalue weighted by Crippen LogP contribution is 2.48. The lowest BCUT2D eigenvalue weighted by molar-refractivity contribution is -0.160. The van der Waals surface area contributed by atoms with E-state index >= 15 is 0 Å². The van der Waals surface area contributed by atoms with Gasteiger partial charge in [-0.25, -0.2) is 8.78 Å². The molecule has 0 fully saturated rings. The molecule has 0 radical (unpaired) electrons. The van der Waals surface area contributed by atoms with Crippen molar-refractivity contribution in [2.24, 2.45) is 5.41 Å². The quantitative estimate of drug-likeness (QED) is 0.593. The van der Waals surface area contributed by atoms with Crippen LogP contribution in [-0.4, -0.2) is 39.0 Å². The van der Waals surface area contributed by atoms with Crippen LogP contribution in [0.5, 0.6) is 11.5 Å². The molecule has 5 nitrogen and oxygen atoms in total. The van der Waals surface area contributed by atoms with Crippen molar-refractivity contribution in [2.75, 3.05) is 20.8 Å². The molecule has 0 saturated heterocycles. The number of carbonyl (C=O) groups is 2. The first-order valence-corrected chi connectivity index (χ1v) is 7.18. The number of ether oxygens (including phenoxy) is 3. The number of methoxy groups -OCH3 is 2. The minimum atomic E-state index is -3.18. The Balaban J connectivity index is 2.53. The molecule has 1 unspecified atom stereocenters. The summed E-state index contributed by atoms with van der Waals surface area (Å²) in [6.45, 7) is 1.72. The number of alkyl halides is 2. The van der Waals surface area contributed by atoms with E-state index < -0.39 is 30.0 Å². The average molecular weight is 328 g/mol. The molecule has 1 aliphatic carbocycles. The third-order valence-corrected chi connectivity index (χ3v) is 3.93. The summed E-state index contributed by atoms with van der Waals surface area (Å²) in [5, 5.41) is 0. The Labute approximate surface area is 132 Å². The van der Waals surface area contributed by atoms with Crippen molar-refractivity contribution in [2.45, 2.75) is 26.2 Å². The summed E-state index contributed by atoms with van der Waals surface area (Å²) in [6, 6.07) is 2.82. The number of esters is 1. The minimum absolute atomic E-state index is 0.0165. The second kappa shape index (κ2) is 6.52. The molecule has 0 spiro atoms. The van der Waals surface area contributed by atoms with Crippen LogP contribution in [0.2, 0.25) is 0 Å². The minimum Gasteiger partial charge on any atom is -0.493 e. The van der Waals surface area contributed by atoms with Gasteiger partial charge in [-0.15, -0.1) is 0 Å². The number of Topliss-reactive ketones (excluding diaryl/α,β-unsaturated/α-hetero) is 1. The second-order valence-electron chi connectivity index (χ2n) is 5.24. The smallest absolute Gasteiger partial charge is 0.326 e. The van der Waals surface area contributed by atoms with E-state index in [9.17, 15) is 18.4 Å². The molecule has 2 rings (SSSR count). The monoisotopic (exact) mass is 328 g/mol. The zero-order valence-corrected chi connectivity index (χ0v) is 13.2. The Morgan fingerprint density at radius 1 is 1.30 bits per heavy atom. The van der Waals surface area contributed by atoms with Crippen molar-refractivity contribution in [3.8, 4) is 11.5 Å². The predicted octanol–water partition coefficient (Wildman–Crippen LogP) is 2.65. The molecule has 1 aromatic rings. The Kier molecular flexibility index (Phi) is 4.87. The summed E-state index contributed by atoms with van der Waals surface area (Å²) in [7, 11) is 2.75. The third kappa shape index (κ3) is 2.54. The van der Waals surface area contributed by atoms with Gasteiger partial charge in [-0.3, -0.25) is 9.59 Å². The molecule has 1 aromatic carbocycles. The van der Waals surface area contributed by atoms with Crippen molar-refractivity contribution in [3.05, 3.63) is 23.3 Å². The zero-order chi connectivity index (χ0) is 17.2. The molecule has 0 amide bonds. The van der Waals surface area contributed by atoms with E-state index in [-0.39, 0.29) is 23.5 Å². The molecular weight excluding hydrogens is 310 g/mol. The van der Waals surface area contributed by atoms with E-state index in [0.29, 0.717) is 12.2 Å². The van der Waals surface area contributed by atoms with E-state index in [1.807, 2.05) is 0 Å². The molecule has 1 atom stereocenters. The fourth-order valence-electron chi connectivity index (χ4n) is 2.73. The van der Waals surface area contributed by atoms with Gasteiger partial charge in [0, 0.05) is 17.5 Å². The summed E-state index contributed by atoms with van der Waals surface area (Å²) >= 11 is 0. The lowest BCUT2D eigenvalue weighted by atomic mass is 9.84. The first-order valence-electron chi connectivity index (χ1n) is 7.18. The van der Waals surface area contributed by atoms with Crippen LogP contribution in [0.25, 0.3) is 0 Å². The molecule has 0 aromatic heterocycles. The van der Waals surface area contributed by atoms with E-state index in [2.05, 4.69) is 0 Å². The van der Waals surface area contributed by atoms with Crippen molar-refractivity contribution >= 4 is 11.8 Å². The molecule has 0 heterocycles. The lowest BCUT2D eigenvalue weighted by Crippen LogP contribution is -2.45. The van der Waals surface area contributed by atoms with Crippen molar-refractivity contribution < 1.29 is 32.6 Å². The predicted molar refractivity (Wildman–Crippen MR) is 77.3 cm³/mol. The van der Waals surface area contributed by atoms with Crippen LogP contribution >= 0.6 is 0 Å². The van der Waals surface area contributed by atoms with Crippen molar-refractivity contribution in [1.82, 2.24) is 0 Å². The number of ketones is 1. The molecule has 0 bridgehead atoms. The summed E-state index contributed by atoms with van der Waals surface area (Å²) in [4.78, 5) is 24.8. The first kappa shape index (κ1) is 17.2. The van der Waals surface area contributed by atoms with Gasteiger partial charge in [0.25, 0.3) is 6.43 Å². The summed E-state index contributed by atoms with van der Waals surface area (Å²) in [5.41, 5.74) is -2.24. The fraction of sp³-hybridized carbons (Fsp3) is 0.500. The molecular formula is C16H18F2O5. The number of rotatable bonds is 6. The molecule has 0 saturated carbocycles. The van der Waals surface area contributed by atoms with Gasteiger partial charge in [0.1, 0.15) is 0 Å².